The molecule has 2 aromatic rings. The van der Waals surface area contributed by atoms with Crippen LogP contribution in [0.1, 0.15) is 36.5 Å². The molecule has 0 saturated heterocycles. The molecule has 1 aromatic heterocycles. The van der Waals surface area contributed by atoms with Crippen LogP contribution in [0.2, 0.25) is 0 Å². The molecule has 0 aliphatic heterocycles. The van der Waals surface area contributed by atoms with Crippen molar-refractivity contribution >= 4 is 5.91 Å². The molecule has 1 heterocycles. The topological polar surface area (TPSA) is 46.9 Å². The van der Waals surface area contributed by atoms with Crippen molar-refractivity contribution in [3.05, 3.63) is 53.6 Å². The van der Waals surface area contributed by atoms with Gasteiger partial charge in [0.1, 0.15) is 0 Å². The van der Waals surface area contributed by atoms with E-state index in [2.05, 4.69) is 49.3 Å². The monoisotopic (exact) mass is 299 g/mol. The first kappa shape index (κ1) is 16.3. The number of rotatable bonds is 7. The molecule has 0 aliphatic carbocycles. The first-order valence-corrected chi connectivity index (χ1v) is 7.85. The Labute approximate surface area is 132 Å². The molecule has 0 aliphatic rings. The van der Waals surface area contributed by atoms with Gasteiger partial charge in [-0.15, -0.1) is 0 Å². The van der Waals surface area contributed by atoms with Gasteiger partial charge in [-0.25, -0.2) is 4.98 Å². The Kier molecular flexibility index (Phi) is 5.75. The van der Waals surface area contributed by atoms with Crippen molar-refractivity contribution in [3.8, 4) is 0 Å². The maximum Gasteiger partial charge on any atom is 0.220 e. The molecule has 1 aromatic carbocycles. The van der Waals surface area contributed by atoms with Crippen LogP contribution < -0.4 is 5.32 Å². The fourth-order valence-electron chi connectivity index (χ4n) is 2.78. The lowest BCUT2D eigenvalue weighted by atomic mass is 10.0. The maximum absolute atomic E-state index is 12.0. The fraction of sp³-hybridized carbons (Fsp3) is 0.444. The number of imidazole rings is 1. The third-order valence-electron chi connectivity index (χ3n) is 3.61. The fourth-order valence-corrected chi connectivity index (χ4v) is 2.78. The number of carbonyl (C=O) groups is 1. The van der Waals surface area contributed by atoms with E-state index in [-0.39, 0.29) is 11.9 Å². The number of amides is 1. The Hall–Kier alpha value is -2.10. The summed E-state index contributed by atoms with van der Waals surface area (Å²) in [6.07, 6.45) is 7.71. The Balaban J connectivity index is 1.73. The van der Waals surface area contributed by atoms with Gasteiger partial charge in [-0.05, 0) is 39.2 Å². The van der Waals surface area contributed by atoms with Crippen LogP contribution in [0.3, 0.4) is 0 Å². The van der Waals surface area contributed by atoms with Crippen molar-refractivity contribution in [1.29, 1.82) is 0 Å². The average molecular weight is 299 g/mol. The highest BCUT2D eigenvalue weighted by Gasteiger charge is 2.08. The van der Waals surface area contributed by atoms with E-state index < -0.39 is 0 Å². The summed E-state index contributed by atoms with van der Waals surface area (Å²) in [6.45, 7) is 7.11. The number of carbonyl (C=O) groups excluding carboxylic acids is 1. The third kappa shape index (κ3) is 5.35. The number of aromatic nitrogens is 2. The standard InChI is InChI=1S/C18H25N3O/c1-14-9-15(2)11-17(10-14)12-16(3)20-18(22)5-4-7-21-8-6-19-13-21/h6,8-11,13,16H,4-5,7,12H2,1-3H3,(H,20,22). The molecule has 2 rings (SSSR count). The second-order valence-electron chi connectivity index (χ2n) is 6.07. The molecule has 1 atom stereocenters. The summed E-state index contributed by atoms with van der Waals surface area (Å²) < 4.78 is 1.99. The molecular weight excluding hydrogens is 274 g/mol. The Bertz CT molecular complexity index is 585. The smallest absolute Gasteiger partial charge is 0.220 e. The highest BCUT2D eigenvalue weighted by molar-refractivity contribution is 5.76. The second-order valence-corrected chi connectivity index (χ2v) is 6.07. The van der Waals surface area contributed by atoms with E-state index in [0.717, 1.165) is 19.4 Å². The highest BCUT2D eigenvalue weighted by atomic mass is 16.1. The summed E-state index contributed by atoms with van der Waals surface area (Å²) in [5.41, 5.74) is 3.83. The van der Waals surface area contributed by atoms with E-state index in [1.165, 1.54) is 16.7 Å². The van der Waals surface area contributed by atoms with Crippen molar-refractivity contribution in [2.24, 2.45) is 0 Å². The molecule has 4 nitrogen and oxygen atoms in total. The average Bonchev–Trinajstić information content (AvgIpc) is 2.90. The van der Waals surface area contributed by atoms with Gasteiger partial charge in [0.15, 0.2) is 0 Å². The lowest BCUT2D eigenvalue weighted by Gasteiger charge is -2.15. The van der Waals surface area contributed by atoms with Crippen molar-refractivity contribution in [2.45, 2.75) is 52.6 Å². The van der Waals surface area contributed by atoms with Crippen LogP contribution in [-0.2, 0) is 17.8 Å². The molecule has 0 fully saturated rings. The number of hydrogen-bond acceptors (Lipinski definition) is 2. The summed E-state index contributed by atoms with van der Waals surface area (Å²) in [5.74, 6) is 0.122. The van der Waals surface area contributed by atoms with E-state index in [1.54, 1.807) is 12.5 Å². The van der Waals surface area contributed by atoms with E-state index in [0.29, 0.717) is 6.42 Å². The van der Waals surface area contributed by atoms with E-state index in [1.807, 2.05) is 10.8 Å². The number of hydrogen-bond donors (Lipinski definition) is 1. The third-order valence-corrected chi connectivity index (χ3v) is 3.61. The SMILES string of the molecule is Cc1cc(C)cc(CC(C)NC(=O)CCCn2ccnc2)c1. The summed E-state index contributed by atoms with van der Waals surface area (Å²) >= 11 is 0. The van der Waals surface area contributed by atoms with Crippen LogP contribution in [-0.4, -0.2) is 21.5 Å². The molecule has 22 heavy (non-hydrogen) atoms. The van der Waals surface area contributed by atoms with Crippen LogP contribution in [0.15, 0.2) is 36.9 Å². The quantitative estimate of drug-likeness (QED) is 0.854. The van der Waals surface area contributed by atoms with Gasteiger partial charge in [0.2, 0.25) is 5.91 Å². The highest BCUT2D eigenvalue weighted by Crippen LogP contribution is 2.11. The molecule has 0 radical (unpaired) electrons. The predicted octanol–water partition coefficient (Wildman–Crippen LogP) is 3.03. The van der Waals surface area contributed by atoms with Gasteiger partial charge in [-0.3, -0.25) is 4.79 Å². The first-order valence-electron chi connectivity index (χ1n) is 7.85. The van der Waals surface area contributed by atoms with Gasteiger partial charge in [-0.1, -0.05) is 29.3 Å². The number of aryl methyl sites for hydroxylation is 3. The van der Waals surface area contributed by atoms with Crippen LogP contribution in [0.4, 0.5) is 0 Å². The number of benzene rings is 1. The molecular formula is C18H25N3O. The zero-order valence-electron chi connectivity index (χ0n) is 13.7. The van der Waals surface area contributed by atoms with E-state index in [9.17, 15) is 4.79 Å². The van der Waals surface area contributed by atoms with Gasteiger partial charge >= 0.3 is 0 Å². The second kappa shape index (κ2) is 7.78. The molecule has 0 bridgehead atoms. The molecule has 0 saturated carbocycles. The minimum atomic E-state index is 0.122. The van der Waals surface area contributed by atoms with Crippen LogP contribution in [0.5, 0.6) is 0 Å². The molecule has 1 amide bonds. The van der Waals surface area contributed by atoms with E-state index >= 15 is 0 Å². The van der Waals surface area contributed by atoms with Gasteiger partial charge < -0.3 is 9.88 Å². The number of nitrogens with zero attached hydrogens (tertiary/aromatic N) is 2. The lowest BCUT2D eigenvalue weighted by Crippen LogP contribution is -2.34. The first-order chi connectivity index (χ1) is 10.5. The van der Waals surface area contributed by atoms with E-state index in [4.69, 9.17) is 0 Å². The Morgan fingerprint density at radius 1 is 1.27 bits per heavy atom. The molecule has 0 spiro atoms. The Morgan fingerprint density at radius 2 is 2.00 bits per heavy atom. The number of nitrogens with one attached hydrogen (secondary N) is 1. The molecule has 1 unspecified atom stereocenters. The lowest BCUT2D eigenvalue weighted by molar-refractivity contribution is -0.121. The minimum Gasteiger partial charge on any atom is -0.353 e. The van der Waals surface area contributed by atoms with Gasteiger partial charge in [0.25, 0.3) is 0 Å². The molecule has 1 N–H and O–H groups in total. The summed E-state index contributed by atoms with van der Waals surface area (Å²) in [6, 6.07) is 6.70. The summed E-state index contributed by atoms with van der Waals surface area (Å²) in [5, 5.41) is 3.08. The largest absolute Gasteiger partial charge is 0.353 e. The van der Waals surface area contributed by atoms with Gasteiger partial charge in [0, 0.05) is 31.4 Å². The molecule has 4 heteroatoms. The van der Waals surface area contributed by atoms with Gasteiger partial charge in [-0.2, -0.15) is 0 Å². The van der Waals surface area contributed by atoms with Crippen LogP contribution >= 0.6 is 0 Å². The zero-order valence-corrected chi connectivity index (χ0v) is 13.7. The van der Waals surface area contributed by atoms with Crippen molar-refractivity contribution in [2.75, 3.05) is 0 Å². The summed E-state index contributed by atoms with van der Waals surface area (Å²) in [7, 11) is 0. The van der Waals surface area contributed by atoms with Crippen molar-refractivity contribution < 1.29 is 4.79 Å². The molecule has 118 valence electrons. The van der Waals surface area contributed by atoms with Crippen molar-refractivity contribution in [1.82, 2.24) is 14.9 Å². The van der Waals surface area contributed by atoms with Crippen LogP contribution in [0, 0.1) is 13.8 Å². The zero-order chi connectivity index (χ0) is 15.9. The van der Waals surface area contributed by atoms with Gasteiger partial charge in [0.05, 0.1) is 6.33 Å². The van der Waals surface area contributed by atoms with Crippen molar-refractivity contribution in [3.63, 3.8) is 0 Å². The normalized spacial score (nSPS) is 12.1. The summed E-state index contributed by atoms with van der Waals surface area (Å²) in [4.78, 5) is 16.0. The predicted molar refractivity (Wildman–Crippen MR) is 88.7 cm³/mol. The Morgan fingerprint density at radius 3 is 2.64 bits per heavy atom. The maximum atomic E-state index is 12.0. The van der Waals surface area contributed by atoms with Crippen LogP contribution in [0.25, 0.3) is 0 Å². The minimum absolute atomic E-state index is 0.122.